The summed E-state index contributed by atoms with van der Waals surface area (Å²) < 4.78 is 3.95. The highest BCUT2D eigenvalue weighted by atomic mass is 15.3. The van der Waals surface area contributed by atoms with E-state index in [1.165, 1.54) is 5.69 Å². The summed E-state index contributed by atoms with van der Waals surface area (Å²) in [4.78, 5) is 0. The molecule has 1 atom stereocenters. The molecular formula is C15H25N5. The van der Waals surface area contributed by atoms with E-state index >= 15 is 0 Å². The van der Waals surface area contributed by atoms with Crippen LogP contribution in [-0.2, 0) is 32.9 Å². The molecular weight excluding hydrogens is 250 g/mol. The van der Waals surface area contributed by atoms with Crippen molar-refractivity contribution in [2.45, 2.75) is 52.6 Å². The Morgan fingerprint density at radius 3 is 2.30 bits per heavy atom. The number of nitrogens with two attached hydrogens (primary N) is 1. The van der Waals surface area contributed by atoms with Crippen molar-refractivity contribution >= 4 is 0 Å². The van der Waals surface area contributed by atoms with Gasteiger partial charge in [0.15, 0.2) is 0 Å². The van der Waals surface area contributed by atoms with Crippen molar-refractivity contribution in [2.75, 3.05) is 0 Å². The van der Waals surface area contributed by atoms with Crippen molar-refractivity contribution in [3.05, 3.63) is 34.9 Å². The van der Waals surface area contributed by atoms with Crippen molar-refractivity contribution < 1.29 is 0 Å². The van der Waals surface area contributed by atoms with Crippen LogP contribution in [0.25, 0.3) is 0 Å². The summed E-state index contributed by atoms with van der Waals surface area (Å²) in [6.45, 7) is 7.19. The van der Waals surface area contributed by atoms with E-state index in [4.69, 9.17) is 5.73 Å². The maximum Gasteiger partial charge on any atom is 0.0625 e. The molecule has 2 aromatic heterocycles. The maximum absolute atomic E-state index is 6.39. The lowest BCUT2D eigenvalue weighted by Gasteiger charge is -2.13. The van der Waals surface area contributed by atoms with E-state index in [2.05, 4.69) is 43.1 Å². The van der Waals surface area contributed by atoms with Crippen molar-refractivity contribution in [3.8, 4) is 0 Å². The average Bonchev–Trinajstić information content (AvgIpc) is 3.02. The van der Waals surface area contributed by atoms with Gasteiger partial charge >= 0.3 is 0 Å². The largest absolute Gasteiger partial charge is 0.322 e. The Morgan fingerprint density at radius 2 is 1.75 bits per heavy atom. The topological polar surface area (TPSA) is 61.7 Å². The molecule has 0 saturated heterocycles. The van der Waals surface area contributed by atoms with Gasteiger partial charge in [0.2, 0.25) is 0 Å². The molecule has 0 spiro atoms. The summed E-state index contributed by atoms with van der Waals surface area (Å²) in [5.74, 6) is 0. The first-order chi connectivity index (χ1) is 9.58. The molecule has 2 rings (SSSR count). The van der Waals surface area contributed by atoms with E-state index in [0.29, 0.717) is 0 Å². The van der Waals surface area contributed by atoms with Crippen LogP contribution >= 0.6 is 0 Å². The second kappa shape index (κ2) is 6.22. The monoisotopic (exact) mass is 275 g/mol. The zero-order valence-corrected chi connectivity index (χ0v) is 12.9. The van der Waals surface area contributed by atoms with Gasteiger partial charge in [-0.1, -0.05) is 13.8 Å². The van der Waals surface area contributed by atoms with E-state index < -0.39 is 0 Å². The van der Waals surface area contributed by atoms with E-state index in [-0.39, 0.29) is 6.04 Å². The van der Waals surface area contributed by atoms with Gasteiger partial charge in [-0.05, 0) is 31.9 Å². The average molecular weight is 275 g/mol. The predicted molar refractivity (Wildman–Crippen MR) is 80.5 cm³/mol. The molecule has 1 unspecified atom stereocenters. The second-order valence-electron chi connectivity index (χ2n) is 5.14. The highest BCUT2D eigenvalue weighted by Crippen LogP contribution is 2.18. The van der Waals surface area contributed by atoms with Crippen LogP contribution in [0.1, 0.15) is 49.6 Å². The van der Waals surface area contributed by atoms with Gasteiger partial charge in [-0.2, -0.15) is 10.2 Å². The molecule has 0 saturated carbocycles. The van der Waals surface area contributed by atoms with Crippen LogP contribution in [0.2, 0.25) is 0 Å². The van der Waals surface area contributed by atoms with E-state index in [1.807, 2.05) is 16.4 Å². The predicted octanol–water partition coefficient (Wildman–Crippen LogP) is 2.00. The summed E-state index contributed by atoms with van der Waals surface area (Å²) in [5.41, 5.74) is 10.9. The van der Waals surface area contributed by atoms with Gasteiger partial charge in [-0.3, -0.25) is 9.36 Å². The molecule has 2 N–H and O–H groups in total. The highest BCUT2D eigenvalue weighted by Gasteiger charge is 2.16. The number of hydrogen-bond donors (Lipinski definition) is 1. The third kappa shape index (κ3) is 2.93. The Labute approximate surface area is 120 Å². The van der Waals surface area contributed by atoms with Gasteiger partial charge in [0.05, 0.1) is 23.1 Å². The quantitative estimate of drug-likeness (QED) is 0.877. The molecule has 0 aromatic carbocycles. The van der Waals surface area contributed by atoms with Crippen molar-refractivity contribution in [3.63, 3.8) is 0 Å². The lowest BCUT2D eigenvalue weighted by molar-refractivity contribution is 0.552. The molecule has 0 bridgehead atoms. The third-order valence-electron chi connectivity index (χ3n) is 3.72. The molecule has 0 aliphatic heterocycles. The minimum atomic E-state index is -0.0390. The molecule has 5 nitrogen and oxygen atoms in total. The van der Waals surface area contributed by atoms with Crippen LogP contribution in [0.3, 0.4) is 0 Å². The zero-order valence-electron chi connectivity index (χ0n) is 12.9. The van der Waals surface area contributed by atoms with Gasteiger partial charge in [0.1, 0.15) is 0 Å². The van der Waals surface area contributed by atoms with Gasteiger partial charge in [0.25, 0.3) is 0 Å². The Kier molecular flexibility index (Phi) is 4.60. The van der Waals surface area contributed by atoms with Gasteiger partial charge in [0, 0.05) is 25.7 Å². The fraction of sp³-hybridized carbons (Fsp3) is 0.600. The fourth-order valence-corrected chi connectivity index (χ4v) is 2.48. The van der Waals surface area contributed by atoms with Crippen LogP contribution in [-0.4, -0.2) is 19.6 Å². The fourth-order valence-electron chi connectivity index (χ4n) is 2.48. The van der Waals surface area contributed by atoms with Crippen LogP contribution < -0.4 is 5.73 Å². The van der Waals surface area contributed by atoms with Gasteiger partial charge < -0.3 is 5.73 Å². The van der Waals surface area contributed by atoms with Crippen molar-refractivity contribution in [1.82, 2.24) is 19.6 Å². The molecule has 110 valence electrons. The molecule has 0 aliphatic rings. The summed E-state index contributed by atoms with van der Waals surface area (Å²) in [6, 6.07) is 4.24. The minimum absolute atomic E-state index is 0.0390. The SMILES string of the molecule is CCc1cc(CC(N)c2cc(CC)nn2CC)n(C)n1. The molecule has 0 amide bonds. The normalized spacial score (nSPS) is 12.8. The number of hydrogen-bond acceptors (Lipinski definition) is 3. The lowest BCUT2D eigenvalue weighted by Crippen LogP contribution is -2.19. The smallest absolute Gasteiger partial charge is 0.0625 e. The number of aryl methyl sites for hydroxylation is 4. The van der Waals surface area contributed by atoms with Crippen LogP contribution in [0.15, 0.2) is 12.1 Å². The second-order valence-corrected chi connectivity index (χ2v) is 5.14. The third-order valence-corrected chi connectivity index (χ3v) is 3.72. The first-order valence-electron chi connectivity index (χ1n) is 7.42. The summed E-state index contributed by atoms with van der Waals surface area (Å²) in [5, 5.41) is 9.05. The molecule has 0 fully saturated rings. The van der Waals surface area contributed by atoms with Gasteiger partial charge in [-0.15, -0.1) is 0 Å². The molecule has 2 heterocycles. The highest BCUT2D eigenvalue weighted by molar-refractivity contribution is 5.18. The Bertz CT molecular complexity index is 567. The molecule has 0 aliphatic carbocycles. The Hall–Kier alpha value is -1.62. The summed E-state index contributed by atoms with van der Waals surface area (Å²) >= 11 is 0. The summed E-state index contributed by atoms with van der Waals surface area (Å²) in [6.07, 6.45) is 2.69. The standard InChI is InChI=1S/C15H25N5/c1-5-11-8-13(19(4)17-11)10-14(16)15-9-12(6-2)18-20(15)7-3/h8-9,14H,5-7,10,16H2,1-4H3. The number of rotatable bonds is 6. The number of aromatic nitrogens is 4. The minimum Gasteiger partial charge on any atom is -0.322 e. The zero-order chi connectivity index (χ0) is 14.7. The van der Waals surface area contributed by atoms with E-state index in [9.17, 15) is 0 Å². The van der Waals surface area contributed by atoms with Gasteiger partial charge in [-0.25, -0.2) is 0 Å². The summed E-state index contributed by atoms with van der Waals surface area (Å²) in [7, 11) is 1.98. The van der Waals surface area contributed by atoms with Crippen molar-refractivity contribution in [1.29, 1.82) is 0 Å². The molecule has 20 heavy (non-hydrogen) atoms. The maximum atomic E-state index is 6.39. The molecule has 2 aromatic rings. The van der Waals surface area contributed by atoms with E-state index in [1.54, 1.807) is 0 Å². The molecule has 0 radical (unpaired) electrons. The Balaban J connectivity index is 2.20. The first kappa shape index (κ1) is 14.8. The Morgan fingerprint density at radius 1 is 1.10 bits per heavy atom. The van der Waals surface area contributed by atoms with Crippen LogP contribution in [0.5, 0.6) is 0 Å². The van der Waals surface area contributed by atoms with Crippen LogP contribution in [0, 0.1) is 0 Å². The number of nitrogens with zero attached hydrogens (tertiary/aromatic N) is 4. The first-order valence-corrected chi connectivity index (χ1v) is 7.42. The van der Waals surface area contributed by atoms with Crippen LogP contribution in [0.4, 0.5) is 0 Å². The van der Waals surface area contributed by atoms with Crippen molar-refractivity contribution in [2.24, 2.45) is 12.8 Å². The molecule has 5 heteroatoms. The van der Waals surface area contributed by atoms with E-state index in [0.717, 1.165) is 42.9 Å². The lowest BCUT2D eigenvalue weighted by atomic mass is 10.1.